The number of hydrogen-bond acceptors (Lipinski definition) is 4. The van der Waals surface area contributed by atoms with Crippen LogP contribution in [-0.2, 0) is 20.0 Å². The average Bonchev–Trinajstić information content (AvgIpc) is 3.11. The van der Waals surface area contributed by atoms with Crippen molar-refractivity contribution in [3.63, 3.8) is 0 Å². The molecule has 0 aliphatic heterocycles. The highest BCUT2D eigenvalue weighted by molar-refractivity contribution is 7.90. The third kappa shape index (κ3) is 2.56. The minimum absolute atomic E-state index is 0.0214. The summed E-state index contributed by atoms with van der Waals surface area (Å²) < 4.78 is 48.0. The summed E-state index contributed by atoms with van der Waals surface area (Å²) in [4.78, 5) is -0.254. The van der Waals surface area contributed by atoms with Gasteiger partial charge in [0.15, 0.2) is 0 Å². The number of hydrogen-bond donors (Lipinski definition) is 1. The maximum absolute atomic E-state index is 12.2. The highest BCUT2D eigenvalue weighted by atomic mass is 32.2. The molecule has 100 valence electrons. The fraction of sp³-hybridized carbons (Fsp3) is 0.400. The van der Waals surface area contributed by atoms with Gasteiger partial charge in [-0.3, -0.25) is 0 Å². The molecule has 1 aliphatic carbocycles. The van der Waals surface area contributed by atoms with E-state index in [9.17, 15) is 16.8 Å². The summed E-state index contributed by atoms with van der Waals surface area (Å²) in [5.41, 5.74) is 0. The highest BCUT2D eigenvalue weighted by Crippen LogP contribution is 2.30. The van der Waals surface area contributed by atoms with Crippen molar-refractivity contribution < 1.29 is 16.8 Å². The first-order valence-electron chi connectivity index (χ1n) is 5.34. The number of primary sulfonamides is 1. The highest BCUT2D eigenvalue weighted by Gasteiger charge is 2.35. The molecule has 8 heteroatoms. The quantitative estimate of drug-likeness (QED) is 0.851. The fourth-order valence-electron chi connectivity index (χ4n) is 1.61. The van der Waals surface area contributed by atoms with Crippen LogP contribution in [0.5, 0.6) is 0 Å². The van der Waals surface area contributed by atoms with E-state index >= 15 is 0 Å². The van der Waals surface area contributed by atoms with Crippen molar-refractivity contribution in [3.8, 4) is 0 Å². The Morgan fingerprint density at radius 2 is 1.72 bits per heavy atom. The second-order valence-corrected chi connectivity index (χ2v) is 7.83. The van der Waals surface area contributed by atoms with E-state index in [0.29, 0.717) is 0 Å². The van der Waals surface area contributed by atoms with E-state index < -0.39 is 20.0 Å². The van der Waals surface area contributed by atoms with Gasteiger partial charge in [0.25, 0.3) is 0 Å². The van der Waals surface area contributed by atoms with Gasteiger partial charge in [-0.25, -0.2) is 22.0 Å². The van der Waals surface area contributed by atoms with Crippen LogP contribution in [0.3, 0.4) is 0 Å². The van der Waals surface area contributed by atoms with Gasteiger partial charge in [-0.15, -0.1) is 0 Å². The van der Waals surface area contributed by atoms with Crippen molar-refractivity contribution in [1.82, 2.24) is 4.31 Å². The zero-order valence-corrected chi connectivity index (χ0v) is 11.4. The summed E-state index contributed by atoms with van der Waals surface area (Å²) in [5.74, 6) is 0. The lowest BCUT2D eigenvalue weighted by Gasteiger charge is -2.16. The predicted octanol–water partition coefficient (Wildman–Crippen LogP) is 0.117. The predicted molar refractivity (Wildman–Crippen MR) is 65.8 cm³/mol. The van der Waals surface area contributed by atoms with Gasteiger partial charge < -0.3 is 0 Å². The lowest BCUT2D eigenvalue weighted by molar-refractivity contribution is 0.464. The van der Waals surface area contributed by atoms with E-state index in [4.69, 9.17) is 5.14 Å². The molecule has 1 saturated carbocycles. The molecule has 0 bridgehead atoms. The summed E-state index contributed by atoms with van der Waals surface area (Å²) in [7, 11) is -6.05. The van der Waals surface area contributed by atoms with Gasteiger partial charge in [0, 0.05) is 13.1 Å². The maximum Gasteiger partial charge on any atom is 0.243 e. The third-order valence-electron chi connectivity index (χ3n) is 2.87. The molecule has 0 saturated heterocycles. The molecule has 1 aromatic carbocycles. The van der Waals surface area contributed by atoms with E-state index in [1.54, 1.807) is 0 Å². The molecule has 0 heterocycles. The zero-order chi connectivity index (χ0) is 13.6. The molecule has 1 aromatic rings. The molecular formula is C10H14N2O4S2. The lowest BCUT2D eigenvalue weighted by atomic mass is 10.4. The molecule has 0 spiro atoms. The number of nitrogens with zero attached hydrogens (tertiary/aromatic N) is 1. The molecule has 1 fully saturated rings. The molecule has 2 N–H and O–H groups in total. The van der Waals surface area contributed by atoms with E-state index in [1.165, 1.54) is 29.6 Å². The molecule has 0 unspecified atom stereocenters. The van der Waals surface area contributed by atoms with Crippen LogP contribution in [0, 0.1) is 0 Å². The minimum atomic E-state index is -3.90. The Morgan fingerprint density at radius 1 is 1.17 bits per heavy atom. The van der Waals surface area contributed by atoms with Gasteiger partial charge in [-0.2, -0.15) is 4.31 Å². The molecule has 2 rings (SSSR count). The Hall–Kier alpha value is -0.960. The first-order chi connectivity index (χ1) is 8.23. The monoisotopic (exact) mass is 290 g/mol. The molecule has 6 nitrogen and oxygen atoms in total. The second-order valence-electron chi connectivity index (χ2n) is 4.27. The van der Waals surface area contributed by atoms with Crippen molar-refractivity contribution in [2.24, 2.45) is 5.14 Å². The van der Waals surface area contributed by atoms with E-state index in [0.717, 1.165) is 18.9 Å². The van der Waals surface area contributed by atoms with Crippen molar-refractivity contribution in [3.05, 3.63) is 24.3 Å². The van der Waals surface area contributed by atoms with Crippen LogP contribution >= 0.6 is 0 Å². The second kappa shape index (κ2) is 4.30. The first kappa shape index (κ1) is 13.5. The summed E-state index contributed by atoms with van der Waals surface area (Å²) in [6.07, 6.45) is 1.68. The Morgan fingerprint density at radius 3 is 2.22 bits per heavy atom. The summed E-state index contributed by atoms with van der Waals surface area (Å²) in [6.45, 7) is 0. The SMILES string of the molecule is CN(C1CC1)S(=O)(=O)c1cccc(S(N)(=O)=O)c1. The summed E-state index contributed by atoms with van der Waals surface area (Å²) in [6, 6.07) is 5.11. The minimum Gasteiger partial charge on any atom is -0.225 e. The van der Waals surface area contributed by atoms with Crippen molar-refractivity contribution >= 4 is 20.0 Å². The van der Waals surface area contributed by atoms with Crippen LogP contribution in [0.1, 0.15) is 12.8 Å². The van der Waals surface area contributed by atoms with Crippen molar-refractivity contribution in [2.75, 3.05) is 7.05 Å². The van der Waals surface area contributed by atoms with Gasteiger partial charge in [0.1, 0.15) is 0 Å². The number of nitrogens with two attached hydrogens (primary N) is 1. The van der Waals surface area contributed by atoms with Gasteiger partial charge in [-0.1, -0.05) is 6.07 Å². The Kier molecular flexibility index (Phi) is 3.22. The van der Waals surface area contributed by atoms with E-state index in [1.807, 2.05) is 0 Å². The normalized spacial score (nSPS) is 17.1. The molecular weight excluding hydrogens is 276 g/mol. The van der Waals surface area contributed by atoms with Gasteiger partial charge >= 0.3 is 0 Å². The van der Waals surface area contributed by atoms with Gasteiger partial charge in [0.05, 0.1) is 9.79 Å². The first-order valence-corrected chi connectivity index (χ1v) is 8.32. The number of sulfonamides is 2. The van der Waals surface area contributed by atoms with Gasteiger partial charge in [-0.05, 0) is 31.0 Å². The average molecular weight is 290 g/mol. The Labute approximate surface area is 107 Å². The summed E-state index contributed by atoms with van der Waals surface area (Å²) in [5, 5.41) is 4.98. The van der Waals surface area contributed by atoms with Crippen LogP contribution in [-0.4, -0.2) is 34.2 Å². The standard InChI is InChI=1S/C10H14N2O4S2/c1-12(8-5-6-8)18(15,16)10-4-2-3-9(7-10)17(11,13)14/h2-4,7-8H,5-6H2,1H3,(H2,11,13,14). The maximum atomic E-state index is 12.2. The molecule has 18 heavy (non-hydrogen) atoms. The molecule has 0 radical (unpaired) electrons. The molecule has 1 aliphatic rings. The topological polar surface area (TPSA) is 97.5 Å². The molecule has 0 aromatic heterocycles. The fourth-order valence-corrected chi connectivity index (χ4v) is 3.71. The number of rotatable bonds is 4. The van der Waals surface area contributed by atoms with Crippen LogP contribution in [0.25, 0.3) is 0 Å². The van der Waals surface area contributed by atoms with E-state index in [-0.39, 0.29) is 15.8 Å². The smallest absolute Gasteiger partial charge is 0.225 e. The zero-order valence-electron chi connectivity index (χ0n) is 9.78. The van der Waals surface area contributed by atoms with Gasteiger partial charge in [0.2, 0.25) is 20.0 Å². The largest absolute Gasteiger partial charge is 0.243 e. The van der Waals surface area contributed by atoms with Crippen molar-refractivity contribution in [2.45, 2.75) is 28.7 Å². The third-order valence-corrected chi connectivity index (χ3v) is 5.69. The lowest BCUT2D eigenvalue weighted by Crippen LogP contribution is -2.29. The molecule has 0 atom stereocenters. The van der Waals surface area contributed by atoms with E-state index in [2.05, 4.69) is 0 Å². The van der Waals surface area contributed by atoms with Crippen LogP contribution in [0.4, 0.5) is 0 Å². The summed E-state index contributed by atoms with van der Waals surface area (Å²) >= 11 is 0. The number of benzene rings is 1. The van der Waals surface area contributed by atoms with Crippen molar-refractivity contribution in [1.29, 1.82) is 0 Å². The Balaban J connectivity index is 2.45. The van der Waals surface area contributed by atoms with Crippen LogP contribution in [0.15, 0.2) is 34.1 Å². The Bertz CT molecular complexity index is 663. The van der Waals surface area contributed by atoms with Crippen LogP contribution in [0.2, 0.25) is 0 Å². The molecule has 0 amide bonds. The van der Waals surface area contributed by atoms with Crippen LogP contribution < -0.4 is 5.14 Å².